The summed E-state index contributed by atoms with van der Waals surface area (Å²) in [5.74, 6) is 0.802. The Balaban J connectivity index is 1.84. The van der Waals surface area contributed by atoms with E-state index in [0.29, 0.717) is 12.3 Å². The van der Waals surface area contributed by atoms with Crippen LogP contribution >= 0.6 is 11.6 Å². The van der Waals surface area contributed by atoms with Crippen molar-refractivity contribution in [2.75, 3.05) is 13.1 Å². The minimum Gasteiger partial charge on any atom is -0.342 e. The first-order chi connectivity index (χ1) is 11.9. The van der Waals surface area contributed by atoms with E-state index in [1.165, 1.54) is 6.42 Å². The molecule has 1 saturated heterocycles. The summed E-state index contributed by atoms with van der Waals surface area (Å²) in [4.78, 5) is 14.7. The molecule has 1 aliphatic heterocycles. The van der Waals surface area contributed by atoms with E-state index < -0.39 is 0 Å². The fourth-order valence-corrected chi connectivity index (χ4v) is 3.75. The highest BCUT2D eigenvalue weighted by Gasteiger charge is 2.23. The van der Waals surface area contributed by atoms with Gasteiger partial charge in [0.1, 0.15) is 0 Å². The second kappa shape index (κ2) is 7.20. The number of piperidine rings is 1. The predicted molar refractivity (Wildman–Crippen MR) is 101 cm³/mol. The van der Waals surface area contributed by atoms with Crippen molar-refractivity contribution in [2.24, 2.45) is 5.92 Å². The van der Waals surface area contributed by atoms with Gasteiger partial charge in [0.2, 0.25) is 5.91 Å². The van der Waals surface area contributed by atoms with Crippen LogP contribution < -0.4 is 0 Å². The molecule has 4 nitrogen and oxygen atoms in total. The zero-order valence-electron chi connectivity index (χ0n) is 15.5. The summed E-state index contributed by atoms with van der Waals surface area (Å²) in [5.41, 5.74) is 4.92. The molecule has 0 aliphatic carbocycles. The third kappa shape index (κ3) is 3.74. The number of benzene rings is 1. The zero-order valence-corrected chi connectivity index (χ0v) is 16.2. The number of rotatable bonds is 3. The van der Waals surface area contributed by atoms with Crippen LogP contribution in [-0.2, 0) is 11.2 Å². The second-order valence-corrected chi connectivity index (χ2v) is 7.67. The van der Waals surface area contributed by atoms with E-state index in [1.807, 2.05) is 48.6 Å². The van der Waals surface area contributed by atoms with Gasteiger partial charge in [-0.15, -0.1) is 0 Å². The second-order valence-electron chi connectivity index (χ2n) is 7.26. The van der Waals surface area contributed by atoms with Crippen molar-refractivity contribution in [1.29, 1.82) is 0 Å². The van der Waals surface area contributed by atoms with E-state index in [2.05, 4.69) is 12.0 Å². The summed E-state index contributed by atoms with van der Waals surface area (Å²) < 4.78 is 1.89. The van der Waals surface area contributed by atoms with Crippen molar-refractivity contribution in [3.05, 3.63) is 45.7 Å². The summed E-state index contributed by atoms with van der Waals surface area (Å²) in [7, 11) is 0. The van der Waals surface area contributed by atoms with Gasteiger partial charge in [-0.25, -0.2) is 4.68 Å². The quantitative estimate of drug-likeness (QED) is 0.821. The number of nitrogens with zero attached hydrogens (tertiary/aromatic N) is 3. The maximum Gasteiger partial charge on any atom is 0.227 e. The Bertz CT molecular complexity index is 796. The first-order valence-corrected chi connectivity index (χ1v) is 9.34. The summed E-state index contributed by atoms with van der Waals surface area (Å²) in [6.07, 6.45) is 2.74. The molecule has 1 aliphatic rings. The van der Waals surface area contributed by atoms with Crippen LogP contribution in [0.1, 0.15) is 42.3 Å². The summed E-state index contributed by atoms with van der Waals surface area (Å²) in [6.45, 7) is 9.95. The molecule has 2 aromatic rings. The van der Waals surface area contributed by atoms with Crippen LogP contribution in [0.3, 0.4) is 0 Å². The van der Waals surface area contributed by atoms with E-state index in [1.54, 1.807) is 0 Å². The molecule has 0 bridgehead atoms. The molecule has 1 aromatic heterocycles. The van der Waals surface area contributed by atoms with Gasteiger partial charge in [0, 0.05) is 29.4 Å². The van der Waals surface area contributed by atoms with Crippen LogP contribution in [0.5, 0.6) is 0 Å². The first-order valence-electron chi connectivity index (χ1n) is 8.96. The highest BCUT2D eigenvalue weighted by molar-refractivity contribution is 6.31. The fourth-order valence-electron chi connectivity index (χ4n) is 3.57. The van der Waals surface area contributed by atoms with Gasteiger partial charge in [-0.1, -0.05) is 24.6 Å². The number of amides is 1. The predicted octanol–water partition coefficient (Wildman–Crippen LogP) is 4.25. The Labute approximate surface area is 154 Å². The topological polar surface area (TPSA) is 38.1 Å². The third-order valence-electron chi connectivity index (χ3n) is 5.18. The van der Waals surface area contributed by atoms with Crippen molar-refractivity contribution in [1.82, 2.24) is 14.7 Å². The maximum absolute atomic E-state index is 12.7. The average Bonchev–Trinajstić information content (AvgIpc) is 2.85. The molecule has 0 N–H and O–H groups in total. The Hall–Kier alpha value is -1.81. The third-order valence-corrected chi connectivity index (χ3v) is 5.59. The fraction of sp³-hybridized carbons (Fsp3) is 0.500. The molecular weight excluding hydrogens is 334 g/mol. The zero-order chi connectivity index (χ0) is 18.1. The standard InChI is InChI=1S/C20H26ClN3O/c1-13-6-5-9-23(12-13)20(25)11-18-15(3)22-24(16(18)4)17-8-7-14(2)19(21)10-17/h7-8,10,13H,5-6,9,11-12H2,1-4H3. The number of hydrogen-bond donors (Lipinski definition) is 0. The molecule has 25 heavy (non-hydrogen) atoms. The molecule has 0 radical (unpaired) electrons. The minimum atomic E-state index is 0.208. The lowest BCUT2D eigenvalue weighted by molar-refractivity contribution is -0.132. The molecule has 0 spiro atoms. The SMILES string of the molecule is Cc1ccc(-n2nc(C)c(CC(=O)N3CCCC(C)C3)c2C)cc1Cl. The molecule has 3 rings (SSSR count). The van der Waals surface area contributed by atoms with E-state index in [-0.39, 0.29) is 5.91 Å². The van der Waals surface area contributed by atoms with Crippen molar-refractivity contribution < 1.29 is 4.79 Å². The monoisotopic (exact) mass is 359 g/mol. The molecule has 1 amide bonds. The summed E-state index contributed by atoms with van der Waals surface area (Å²) >= 11 is 6.26. The van der Waals surface area contributed by atoms with Gasteiger partial charge in [-0.3, -0.25) is 4.79 Å². The number of aryl methyl sites for hydroxylation is 2. The molecule has 1 atom stereocenters. The Morgan fingerprint density at radius 2 is 2.08 bits per heavy atom. The molecule has 5 heteroatoms. The van der Waals surface area contributed by atoms with Crippen molar-refractivity contribution in [3.63, 3.8) is 0 Å². The molecule has 1 unspecified atom stereocenters. The average molecular weight is 360 g/mol. The number of likely N-dealkylation sites (tertiary alicyclic amines) is 1. The molecule has 134 valence electrons. The largest absolute Gasteiger partial charge is 0.342 e. The minimum absolute atomic E-state index is 0.208. The first kappa shape index (κ1) is 18.0. The summed E-state index contributed by atoms with van der Waals surface area (Å²) in [6, 6.07) is 5.93. The lowest BCUT2D eigenvalue weighted by atomic mass is 9.99. The lowest BCUT2D eigenvalue weighted by Crippen LogP contribution is -2.40. The van der Waals surface area contributed by atoms with Gasteiger partial charge < -0.3 is 4.90 Å². The Morgan fingerprint density at radius 1 is 1.32 bits per heavy atom. The Morgan fingerprint density at radius 3 is 2.76 bits per heavy atom. The molecule has 1 aromatic carbocycles. The Kier molecular flexibility index (Phi) is 5.19. The number of halogens is 1. The van der Waals surface area contributed by atoms with Gasteiger partial charge in [-0.05, 0) is 57.2 Å². The maximum atomic E-state index is 12.7. The molecule has 2 heterocycles. The van der Waals surface area contributed by atoms with Gasteiger partial charge in [0.05, 0.1) is 17.8 Å². The highest BCUT2D eigenvalue weighted by Crippen LogP contribution is 2.24. The molecular formula is C20H26ClN3O. The van der Waals surface area contributed by atoms with Crippen LogP contribution in [0.4, 0.5) is 0 Å². The van der Waals surface area contributed by atoms with Crippen molar-refractivity contribution >= 4 is 17.5 Å². The number of aromatic nitrogens is 2. The van der Waals surface area contributed by atoms with Crippen LogP contribution in [0.25, 0.3) is 5.69 Å². The van der Waals surface area contributed by atoms with Gasteiger partial charge >= 0.3 is 0 Å². The molecule has 1 fully saturated rings. The molecule has 0 saturated carbocycles. The van der Waals surface area contributed by atoms with E-state index in [9.17, 15) is 4.79 Å². The van der Waals surface area contributed by atoms with Crippen molar-refractivity contribution in [3.8, 4) is 5.69 Å². The highest BCUT2D eigenvalue weighted by atomic mass is 35.5. The van der Waals surface area contributed by atoms with Crippen molar-refractivity contribution in [2.45, 2.75) is 47.0 Å². The van der Waals surface area contributed by atoms with Crippen LogP contribution in [-0.4, -0.2) is 33.7 Å². The van der Waals surface area contributed by atoms with Gasteiger partial charge in [0.15, 0.2) is 0 Å². The number of carbonyl (C=O) groups excluding carboxylic acids is 1. The lowest BCUT2D eigenvalue weighted by Gasteiger charge is -2.31. The van der Waals surface area contributed by atoms with Crippen LogP contribution in [0.15, 0.2) is 18.2 Å². The number of hydrogen-bond acceptors (Lipinski definition) is 2. The van der Waals surface area contributed by atoms with E-state index >= 15 is 0 Å². The van der Waals surface area contributed by atoms with Crippen LogP contribution in [0, 0.1) is 26.7 Å². The van der Waals surface area contributed by atoms with Crippen LogP contribution in [0.2, 0.25) is 5.02 Å². The smallest absolute Gasteiger partial charge is 0.227 e. The van der Waals surface area contributed by atoms with Gasteiger partial charge in [-0.2, -0.15) is 5.10 Å². The normalized spacial score (nSPS) is 17.8. The van der Waals surface area contributed by atoms with Gasteiger partial charge in [0.25, 0.3) is 0 Å². The van der Waals surface area contributed by atoms with E-state index in [4.69, 9.17) is 11.6 Å². The summed E-state index contributed by atoms with van der Waals surface area (Å²) in [5, 5.41) is 5.38. The number of carbonyl (C=O) groups is 1. The van der Waals surface area contributed by atoms with E-state index in [0.717, 1.165) is 52.7 Å².